The van der Waals surface area contributed by atoms with Crippen LogP contribution in [0.15, 0.2) is 24.3 Å². The molecule has 5 nitrogen and oxygen atoms in total. The first kappa shape index (κ1) is 21.1. The number of hydrogen-bond acceptors (Lipinski definition) is 3. The molecule has 0 radical (unpaired) electrons. The normalized spacial score (nSPS) is 21.8. The maximum Gasteiger partial charge on any atom is 0.416 e. The number of benzene rings is 1. The number of nitrogens with two attached hydrogens (primary N) is 1. The van der Waals surface area contributed by atoms with Gasteiger partial charge in [0, 0.05) is 12.2 Å². The van der Waals surface area contributed by atoms with Crippen molar-refractivity contribution < 1.29 is 22.8 Å². The largest absolute Gasteiger partial charge is 0.416 e. The molecule has 1 heterocycles. The van der Waals surface area contributed by atoms with Gasteiger partial charge in [0.2, 0.25) is 11.8 Å². The monoisotopic (exact) mass is 385 g/mol. The number of primary amides is 1. The van der Waals surface area contributed by atoms with Gasteiger partial charge in [-0.1, -0.05) is 33.8 Å². The van der Waals surface area contributed by atoms with E-state index in [0.29, 0.717) is 13.0 Å². The van der Waals surface area contributed by atoms with Crippen LogP contribution in [0.3, 0.4) is 0 Å². The van der Waals surface area contributed by atoms with Gasteiger partial charge >= 0.3 is 6.18 Å². The van der Waals surface area contributed by atoms with Crippen LogP contribution in [0.2, 0.25) is 0 Å². The minimum atomic E-state index is -4.47. The molecule has 1 aliphatic heterocycles. The summed E-state index contributed by atoms with van der Waals surface area (Å²) in [6.45, 7) is 7.69. The lowest BCUT2D eigenvalue weighted by Crippen LogP contribution is -2.54. The minimum Gasteiger partial charge on any atom is -0.373 e. The minimum absolute atomic E-state index is 0.0550. The van der Waals surface area contributed by atoms with Gasteiger partial charge in [-0.15, -0.1) is 0 Å². The van der Waals surface area contributed by atoms with E-state index in [-0.39, 0.29) is 17.5 Å². The molecule has 3 unspecified atom stereocenters. The Hall–Kier alpha value is -2.25. The molecule has 27 heavy (non-hydrogen) atoms. The third-order valence-electron chi connectivity index (χ3n) is 4.89. The number of hydrogen-bond donors (Lipinski definition) is 2. The highest BCUT2D eigenvalue weighted by atomic mass is 19.4. The molecule has 1 aliphatic rings. The van der Waals surface area contributed by atoms with Crippen molar-refractivity contribution >= 4 is 17.5 Å². The molecule has 2 amide bonds. The molecule has 2 rings (SSSR count). The number of anilines is 1. The van der Waals surface area contributed by atoms with E-state index >= 15 is 0 Å². The van der Waals surface area contributed by atoms with Crippen LogP contribution in [0, 0.1) is 11.3 Å². The van der Waals surface area contributed by atoms with Crippen LogP contribution in [0.5, 0.6) is 0 Å². The Bertz CT molecular complexity index is 713. The second-order valence-electron chi connectivity index (χ2n) is 8.17. The third kappa shape index (κ3) is 4.73. The number of nitrogens with zero attached hydrogens (tertiary/aromatic N) is 1. The summed E-state index contributed by atoms with van der Waals surface area (Å²) in [5.74, 6) is -0.964. The maximum absolute atomic E-state index is 13.2. The lowest BCUT2D eigenvalue weighted by atomic mass is 9.85. The van der Waals surface area contributed by atoms with Crippen LogP contribution in [0.25, 0.3) is 0 Å². The van der Waals surface area contributed by atoms with Gasteiger partial charge in [-0.05, 0) is 36.0 Å². The SMILES string of the molecule is CC1CCN(C(=O)C(Nc2cccc(C(F)(F)F)c2)C(C)(C)C)C1C(N)=O. The molecule has 1 aromatic carbocycles. The van der Waals surface area contributed by atoms with Gasteiger partial charge in [0.05, 0.1) is 5.56 Å². The number of likely N-dealkylation sites (tertiary alicyclic amines) is 1. The molecule has 150 valence electrons. The van der Waals surface area contributed by atoms with Gasteiger partial charge in [0.1, 0.15) is 12.1 Å². The summed E-state index contributed by atoms with van der Waals surface area (Å²) in [6, 6.07) is 3.21. The highest BCUT2D eigenvalue weighted by Gasteiger charge is 2.43. The molecule has 0 aliphatic carbocycles. The van der Waals surface area contributed by atoms with Crippen molar-refractivity contribution in [1.29, 1.82) is 0 Å². The molecular weight excluding hydrogens is 359 g/mol. The van der Waals surface area contributed by atoms with Gasteiger partial charge < -0.3 is 16.0 Å². The molecule has 3 atom stereocenters. The smallest absolute Gasteiger partial charge is 0.373 e. The molecule has 1 aromatic rings. The van der Waals surface area contributed by atoms with E-state index in [0.717, 1.165) is 12.1 Å². The van der Waals surface area contributed by atoms with Crippen molar-refractivity contribution in [3.63, 3.8) is 0 Å². The first-order valence-corrected chi connectivity index (χ1v) is 8.86. The molecule has 8 heteroatoms. The summed E-state index contributed by atoms with van der Waals surface area (Å²) in [5, 5.41) is 2.94. The summed E-state index contributed by atoms with van der Waals surface area (Å²) in [7, 11) is 0. The predicted molar refractivity (Wildman–Crippen MR) is 96.8 cm³/mol. The number of rotatable bonds is 4. The van der Waals surface area contributed by atoms with E-state index in [1.54, 1.807) is 0 Å². The molecule has 0 bridgehead atoms. The number of amides is 2. The fourth-order valence-corrected chi connectivity index (χ4v) is 3.39. The zero-order valence-corrected chi connectivity index (χ0v) is 15.9. The Labute approximate surface area is 157 Å². The Morgan fingerprint density at radius 3 is 2.41 bits per heavy atom. The molecule has 3 N–H and O–H groups in total. The van der Waals surface area contributed by atoms with Crippen LogP contribution in [0.4, 0.5) is 18.9 Å². The fraction of sp³-hybridized carbons (Fsp3) is 0.579. The zero-order chi connectivity index (χ0) is 20.6. The van der Waals surface area contributed by atoms with Gasteiger partial charge in [-0.2, -0.15) is 13.2 Å². The predicted octanol–water partition coefficient (Wildman–Crippen LogP) is 3.25. The Morgan fingerprint density at radius 1 is 1.26 bits per heavy atom. The van der Waals surface area contributed by atoms with Crippen molar-refractivity contribution in [3.05, 3.63) is 29.8 Å². The maximum atomic E-state index is 13.2. The Balaban J connectivity index is 2.32. The van der Waals surface area contributed by atoms with E-state index in [1.807, 2.05) is 27.7 Å². The summed E-state index contributed by atoms with van der Waals surface area (Å²) in [6.07, 6.45) is -3.82. The summed E-state index contributed by atoms with van der Waals surface area (Å²) in [4.78, 5) is 26.4. The fourth-order valence-electron chi connectivity index (χ4n) is 3.39. The average molecular weight is 385 g/mol. The van der Waals surface area contributed by atoms with Gasteiger partial charge in [-0.3, -0.25) is 9.59 Å². The Morgan fingerprint density at radius 2 is 1.89 bits per heavy atom. The van der Waals surface area contributed by atoms with E-state index in [2.05, 4.69) is 5.32 Å². The lowest BCUT2D eigenvalue weighted by Gasteiger charge is -2.36. The van der Waals surface area contributed by atoms with Crippen molar-refractivity contribution in [2.75, 3.05) is 11.9 Å². The molecule has 0 aromatic heterocycles. The van der Waals surface area contributed by atoms with Crippen LogP contribution in [0.1, 0.15) is 39.7 Å². The molecular formula is C19H26F3N3O2. The second kappa shape index (κ2) is 7.40. The van der Waals surface area contributed by atoms with E-state index in [4.69, 9.17) is 5.73 Å². The Kier molecular flexibility index (Phi) is 5.77. The number of halogens is 3. The van der Waals surface area contributed by atoms with Crippen molar-refractivity contribution in [2.24, 2.45) is 17.1 Å². The quantitative estimate of drug-likeness (QED) is 0.835. The molecule has 1 fully saturated rings. The zero-order valence-electron chi connectivity index (χ0n) is 15.9. The second-order valence-corrected chi connectivity index (χ2v) is 8.17. The van der Waals surface area contributed by atoms with Crippen LogP contribution in [-0.2, 0) is 15.8 Å². The summed E-state index contributed by atoms with van der Waals surface area (Å²) in [5.41, 5.74) is 4.27. The first-order valence-electron chi connectivity index (χ1n) is 8.86. The third-order valence-corrected chi connectivity index (χ3v) is 4.89. The van der Waals surface area contributed by atoms with Gasteiger partial charge in [0.15, 0.2) is 0 Å². The molecule has 0 spiro atoms. The van der Waals surface area contributed by atoms with Gasteiger partial charge in [-0.25, -0.2) is 0 Å². The van der Waals surface area contributed by atoms with E-state index in [9.17, 15) is 22.8 Å². The van der Waals surface area contributed by atoms with Crippen molar-refractivity contribution in [1.82, 2.24) is 4.90 Å². The standard InChI is InChI=1S/C19H26F3N3O2/c1-11-8-9-25(14(11)16(23)26)17(27)15(18(2,3)4)24-13-7-5-6-12(10-13)19(20,21)22/h5-7,10-11,14-15,24H,8-9H2,1-4H3,(H2,23,26). The molecule has 0 saturated carbocycles. The van der Waals surface area contributed by atoms with E-state index in [1.165, 1.54) is 17.0 Å². The topological polar surface area (TPSA) is 75.4 Å². The number of nitrogens with one attached hydrogen (secondary N) is 1. The number of carbonyl (C=O) groups is 2. The van der Waals surface area contributed by atoms with Crippen LogP contribution >= 0.6 is 0 Å². The summed E-state index contributed by atoms with van der Waals surface area (Å²) < 4.78 is 38.9. The van der Waals surface area contributed by atoms with Crippen molar-refractivity contribution in [2.45, 2.75) is 52.4 Å². The highest BCUT2D eigenvalue weighted by molar-refractivity contribution is 5.91. The number of alkyl halides is 3. The first-order chi connectivity index (χ1) is 12.3. The number of carbonyl (C=O) groups excluding carboxylic acids is 2. The summed E-state index contributed by atoms with van der Waals surface area (Å²) >= 11 is 0. The average Bonchev–Trinajstić information content (AvgIpc) is 2.92. The van der Waals surface area contributed by atoms with Crippen LogP contribution in [-0.4, -0.2) is 35.3 Å². The lowest BCUT2D eigenvalue weighted by molar-refractivity contribution is -0.140. The highest BCUT2D eigenvalue weighted by Crippen LogP contribution is 2.33. The van der Waals surface area contributed by atoms with Gasteiger partial charge in [0.25, 0.3) is 0 Å². The van der Waals surface area contributed by atoms with Crippen LogP contribution < -0.4 is 11.1 Å². The van der Waals surface area contributed by atoms with E-state index < -0.39 is 35.1 Å². The molecule has 1 saturated heterocycles. The van der Waals surface area contributed by atoms with Crippen molar-refractivity contribution in [3.8, 4) is 0 Å².